The Balaban J connectivity index is 1.16. The van der Waals surface area contributed by atoms with Crippen molar-refractivity contribution in [2.24, 2.45) is 0 Å². The first-order valence-electron chi connectivity index (χ1n) is 12.4. The lowest BCUT2D eigenvalue weighted by Crippen LogP contribution is -2.46. The number of rotatable bonds is 7. The molecule has 3 aromatic rings. The van der Waals surface area contributed by atoms with Gasteiger partial charge in [-0.2, -0.15) is 0 Å². The van der Waals surface area contributed by atoms with Gasteiger partial charge in [0.25, 0.3) is 0 Å². The summed E-state index contributed by atoms with van der Waals surface area (Å²) in [6, 6.07) is 18.8. The van der Waals surface area contributed by atoms with Crippen LogP contribution in [0.5, 0.6) is 5.75 Å². The van der Waals surface area contributed by atoms with Crippen molar-refractivity contribution in [2.45, 2.75) is 26.1 Å². The monoisotopic (exact) mass is 471 g/mol. The van der Waals surface area contributed by atoms with Gasteiger partial charge in [-0.25, -0.2) is 4.79 Å². The first-order chi connectivity index (χ1) is 17.2. The number of hydrogen-bond donors (Lipinski definition) is 1. The fourth-order valence-corrected chi connectivity index (χ4v) is 4.98. The second kappa shape index (κ2) is 11.0. The minimum absolute atomic E-state index is 0.0910. The third kappa shape index (κ3) is 5.90. The van der Waals surface area contributed by atoms with E-state index in [9.17, 15) is 9.90 Å². The molecule has 0 aliphatic carbocycles. The van der Waals surface area contributed by atoms with Crippen LogP contribution in [0.2, 0.25) is 0 Å². The maximum Gasteiger partial charge on any atom is 0.343 e. The van der Waals surface area contributed by atoms with Gasteiger partial charge in [0.2, 0.25) is 0 Å². The highest BCUT2D eigenvalue weighted by Crippen LogP contribution is 2.26. The summed E-state index contributed by atoms with van der Waals surface area (Å²) in [5, 5.41) is 11.0. The van der Waals surface area contributed by atoms with Crippen LogP contribution in [0.3, 0.4) is 0 Å². The van der Waals surface area contributed by atoms with E-state index in [0.717, 1.165) is 52.2 Å². The van der Waals surface area contributed by atoms with Gasteiger partial charge in [-0.1, -0.05) is 66.7 Å². The largest absolute Gasteiger partial charge is 0.507 e. The van der Waals surface area contributed by atoms with Gasteiger partial charge in [-0.05, 0) is 23.1 Å². The molecule has 1 aromatic heterocycles. The molecule has 0 unspecified atom stereocenters. The lowest BCUT2D eigenvalue weighted by Gasteiger charge is -2.34. The van der Waals surface area contributed by atoms with Crippen LogP contribution in [0.15, 0.2) is 76.1 Å². The molecule has 0 bridgehead atoms. The van der Waals surface area contributed by atoms with Gasteiger partial charge in [0.05, 0.1) is 5.56 Å². The molecule has 1 fully saturated rings. The first-order valence-corrected chi connectivity index (χ1v) is 12.4. The van der Waals surface area contributed by atoms with Crippen molar-refractivity contribution >= 4 is 6.08 Å². The predicted octanol–water partition coefficient (Wildman–Crippen LogP) is 3.73. The minimum atomic E-state index is -0.441. The van der Waals surface area contributed by atoms with E-state index in [1.54, 1.807) is 0 Å². The molecule has 1 saturated heterocycles. The summed E-state index contributed by atoms with van der Waals surface area (Å²) in [5.74, 6) is 0.0910. The first kappa shape index (κ1) is 23.5. The van der Waals surface area contributed by atoms with Crippen LogP contribution in [0.1, 0.15) is 27.8 Å². The molecular formula is C29H33N3O3. The Kier molecular flexibility index (Phi) is 7.42. The summed E-state index contributed by atoms with van der Waals surface area (Å²) < 4.78 is 5.35. The number of benzene rings is 2. The highest BCUT2D eigenvalue weighted by atomic mass is 16.4. The highest BCUT2D eigenvalue weighted by molar-refractivity contribution is 5.48. The maximum absolute atomic E-state index is 12.5. The Morgan fingerprint density at radius 1 is 0.829 bits per heavy atom. The van der Waals surface area contributed by atoms with Crippen LogP contribution in [0.25, 0.3) is 6.08 Å². The van der Waals surface area contributed by atoms with E-state index < -0.39 is 5.63 Å². The molecule has 3 heterocycles. The van der Waals surface area contributed by atoms with Crippen LogP contribution < -0.4 is 5.63 Å². The fourth-order valence-electron chi connectivity index (χ4n) is 4.98. The second-order valence-electron chi connectivity index (χ2n) is 9.49. The summed E-state index contributed by atoms with van der Waals surface area (Å²) in [4.78, 5) is 19.4. The Morgan fingerprint density at radius 3 is 2.34 bits per heavy atom. The van der Waals surface area contributed by atoms with Gasteiger partial charge in [-0.15, -0.1) is 0 Å². The average Bonchev–Trinajstić information content (AvgIpc) is 2.90. The van der Waals surface area contributed by atoms with Crippen molar-refractivity contribution in [3.63, 3.8) is 0 Å². The quantitative estimate of drug-likeness (QED) is 0.567. The molecule has 6 nitrogen and oxygen atoms in total. The summed E-state index contributed by atoms with van der Waals surface area (Å²) >= 11 is 0. The van der Waals surface area contributed by atoms with Gasteiger partial charge in [-0.3, -0.25) is 14.7 Å². The minimum Gasteiger partial charge on any atom is -0.507 e. The third-order valence-corrected chi connectivity index (χ3v) is 7.07. The van der Waals surface area contributed by atoms with Crippen LogP contribution in [0.4, 0.5) is 0 Å². The molecule has 0 radical (unpaired) electrons. The molecule has 182 valence electrons. The van der Waals surface area contributed by atoms with E-state index in [0.29, 0.717) is 24.2 Å². The van der Waals surface area contributed by atoms with Crippen molar-refractivity contribution in [2.75, 3.05) is 39.3 Å². The van der Waals surface area contributed by atoms with E-state index in [4.69, 9.17) is 4.42 Å². The van der Waals surface area contributed by atoms with E-state index in [1.165, 1.54) is 23.0 Å². The molecule has 2 aliphatic rings. The SMILES string of the molecule is O=c1occ(CN2CCc3ccccc3C2)c(O)c1CN1CCN(CC=Cc2ccccc2)CC1. The van der Waals surface area contributed by atoms with Crippen molar-refractivity contribution in [1.82, 2.24) is 14.7 Å². The summed E-state index contributed by atoms with van der Waals surface area (Å²) in [7, 11) is 0. The third-order valence-electron chi connectivity index (χ3n) is 7.07. The molecule has 1 N–H and O–H groups in total. The number of fused-ring (bicyclic) bond motifs is 1. The van der Waals surface area contributed by atoms with Crippen molar-refractivity contribution in [3.8, 4) is 5.75 Å². The zero-order valence-electron chi connectivity index (χ0n) is 20.1. The zero-order chi connectivity index (χ0) is 24.0. The molecule has 0 atom stereocenters. The van der Waals surface area contributed by atoms with Crippen molar-refractivity contribution in [1.29, 1.82) is 0 Å². The molecule has 6 heteroatoms. The normalized spacial score (nSPS) is 17.6. The second-order valence-corrected chi connectivity index (χ2v) is 9.49. The van der Waals surface area contributed by atoms with E-state index >= 15 is 0 Å². The standard InChI is InChI=1S/C29H33N3O3/c33-28-26(20-32-14-12-24-10-4-5-11-25(24)19-32)22-35-29(34)27(28)21-31-17-15-30(16-18-31)13-6-9-23-7-2-1-3-8-23/h1-11,22,33H,12-21H2. The van der Waals surface area contributed by atoms with Crippen LogP contribution in [0, 0.1) is 0 Å². The summed E-state index contributed by atoms with van der Waals surface area (Å²) in [6.45, 7) is 7.21. The maximum atomic E-state index is 12.5. The van der Waals surface area contributed by atoms with Crippen molar-refractivity contribution in [3.05, 3.63) is 105 Å². The van der Waals surface area contributed by atoms with Crippen molar-refractivity contribution < 1.29 is 9.52 Å². The number of aromatic hydroxyl groups is 1. The van der Waals surface area contributed by atoms with Gasteiger partial charge < -0.3 is 9.52 Å². The van der Waals surface area contributed by atoms with Crippen LogP contribution >= 0.6 is 0 Å². The zero-order valence-corrected chi connectivity index (χ0v) is 20.1. The van der Waals surface area contributed by atoms with Gasteiger partial charge in [0.15, 0.2) is 0 Å². The number of hydrogen-bond acceptors (Lipinski definition) is 6. The van der Waals surface area contributed by atoms with E-state index in [-0.39, 0.29) is 5.75 Å². The number of nitrogens with zero attached hydrogens (tertiary/aromatic N) is 3. The molecule has 5 rings (SSSR count). The van der Waals surface area contributed by atoms with Gasteiger partial charge in [0, 0.05) is 64.5 Å². The topological polar surface area (TPSA) is 60.2 Å². The van der Waals surface area contributed by atoms with Gasteiger partial charge in [0.1, 0.15) is 12.0 Å². The lowest BCUT2D eigenvalue weighted by atomic mass is 9.99. The lowest BCUT2D eigenvalue weighted by molar-refractivity contribution is 0.134. The van der Waals surface area contributed by atoms with Crippen LogP contribution in [-0.2, 0) is 26.1 Å². The molecular weight excluding hydrogens is 438 g/mol. The van der Waals surface area contributed by atoms with E-state index in [1.807, 2.05) is 18.2 Å². The molecule has 2 aromatic carbocycles. The average molecular weight is 472 g/mol. The Hall–Kier alpha value is -3.19. The predicted molar refractivity (Wildman–Crippen MR) is 138 cm³/mol. The molecule has 0 spiro atoms. The highest BCUT2D eigenvalue weighted by Gasteiger charge is 2.23. The molecule has 0 amide bonds. The van der Waals surface area contributed by atoms with Crippen LogP contribution in [-0.4, -0.2) is 59.1 Å². The Morgan fingerprint density at radius 2 is 1.54 bits per heavy atom. The van der Waals surface area contributed by atoms with E-state index in [2.05, 4.69) is 63.2 Å². The Labute approximate surface area is 206 Å². The molecule has 0 saturated carbocycles. The molecule has 35 heavy (non-hydrogen) atoms. The van der Waals surface area contributed by atoms with Gasteiger partial charge >= 0.3 is 5.63 Å². The molecule has 2 aliphatic heterocycles. The number of piperazine rings is 1. The Bertz CT molecular complexity index is 1210. The fraction of sp³-hybridized carbons (Fsp3) is 0.345. The summed E-state index contributed by atoms with van der Waals surface area (Å²) in [5.41, 5.74) is 4.54. The smallest absolute Gasteiger partial charge is 0.343 e. The summed E-state index contributed by atoms with van der Waals surface area (Å²) in [6.07, 6.45) is 6.78.